The van der Waals surface area contributed by atoms with E-state index < -0.39 is 23.2 Å². The van der Waals surface area contributed by atoms with Gasteiger partial charge in [0.15, 0.2) is 0 Å². The van der Waals surface area contributed by atoms with Crippen LogP contribution in [0.4, 0.5) is 4.39 Å². The first-order chi connectivity index (χ1) is 10.8. The Hall–Kier alpha value is -2.76. The fraction of sp³-hybridized carbons (Fsp3) is 0.235. The fourth-order valence-electron chi connectivity index (χ4n) is 1.90. The highest BCUT2D eigenvalue weighted by molar-refractivity contribution is 5.98. The second kappa shape index (κ2) is 6.56. The number of benzene rings is 1. The molecule has 2 aromatic rings. The predicted molar refractivity (Wildman–Crippen MR) is 84.0 cm³/mol. The first-order valence-corrected chi connectivity index (χ1v) is 7.11. The Morgan fingerprint density at radius 2 is 1.74 bits per heavy atom. The van der Waals surface area contributed by atoms with Gasteiger partial charge in [-0.1, -0.05) is 6.07 Å². The molecule has 1 aromatic heterocycles. The molecule has 0 aliphatic carbocycles. The van der Waals surface area contributed by atoms with Crippen LogP contribution < -0.4 is 5.43 Å². The molecule has 1 heterocycles. The Labute approximate surface area is 134 Å². The van der Waals surface area contributed by atoms with Crippen molar-refractivity contribution in [2.24, 2.45) is 0 Å². The van der Waals surface area contributed by atoms with Crippen molar-refractivity contribution in [1.29, 1.82) is 0 Å². The molecule has 0 fully saturated rings. The van der Waals surface area contributed by atoms with Crippen molar-refractivity contribution in [3.8, 4) is 0 Å². The van der Waals surface area contributed by atoms with E-state index in [0.717, 1.165) is 0 Å². The Bertz CT molecular complexity index is 694. The molecule has 5 nitrogen and oxygen atoms in total. The van der Waals surface area contributed by atoms with Crippen LogP contribution in [0.25, 0.3) is 0 Å². The van der Waals surface area contributed by atoms with E-state index in [2.05, 4.69) is 10.4 Å². The van der Waals surface area contributed by atoms with Crippen LogP contribution in [0.1, 0.15) is 41.6 Å². The molecule has 0 aliphatic heterocycles. The summed E-state index contributed by atoms with van der Waals surface area (Å²) in [4.78, 5) is 28.9. The molecule has 0 saturated heterocycles. The van der Waals surface area contributed by atoms with Crippen LogP contribution >= 0.6 is 0 Å². The number of hydrogen-bond donors (Lipinski definition) is 1. The number of carbonyl (C=O) groups is 2. The highest BCUT2D eigenvalue weighted by Crippen LogP contribution is 2.16. The molecule has 23 heavy (non-hydrogen) atoms. The third kappa shape index (κ3) is 4.12. The van der Waals surface area contributed by atoms with Crippen molar-refractivity contribution >= 4 is 11.8 Å². The zero-order valence-electron chi connectivity index (χ0n) is 13.2. The quantitative estimate of drug-likeness (QED) is 0.867. The molecule has 0 aliphatic rings. The van der Waals surface area contributed by atoms with Gasteiger partial charge in [-0.15, -0.1) is 0 Å². The van der Waals surface area contributed by atoms with Gasteiger partial charge >= 0.3 is 0 Å². The fourth-order valence-corrected chi connectivity index (χ4v) is 1.90. The smallest absolute Gasteiger partial charge is 0.267 e. The Kier molecular flexibility index (Phi) is 4.74. The summed E-state index contributed by atoms with van der Waals surface area (Å²) in [6.45, 7) is 5.35. The molecule has 0 atom stereocenters. The topological polar surface area (TPSA) is 62.3 Å². The van der Waals surface area contributed by atoms with Gasteiger partial charge in [0, 0.05) is 11.8 Å². The van der Waals surface area contributed by atoms with Crippen molar-refractivity contribution in [3.63, 3.8) is 0 Å². The van der Waals surface area contributed by atoms with Gasteiger partial charge in [-0.05, 0) is 57.2 Å². The highest BCUT2D eigenvalue weighted by Gasteiger charge is 2.29. The minimum Gasteiger partial charge on any atom is -0.267 e. The van der Waals surface area contributed by atoms with Gasteiger partial charge in [0.05, 0.1) is 5.54 Å². The minimum atomic E-state index is -0.671. The van der Waals surface area contributed by atoms with E-state index in [1.165, 1.54) is 35.5 Å². The largest absolute Gasteiger partial charge is 0.288 e. The monoisotopic (exact) mass is 315 g/mol. The molecule has 2 rings (SSSR count). The molecule has 1 N–H and O–H groups in total. The number of hydrazine groups is 1. The van der Waals surface area contributed by atoms with Crippen molar-refractivity contribution in [3.05, 3.63) is 65.7 Å². The number of nitrogens with one attached hydrogen (secondary N) is 1. The van der Waals surface area contributed by atoms with E-state index in [9.17, 15) is 14.0 Å². The van der Waals surface area contributed by atoms with Gasteiger partial charge in [-0.25, -0.2) is 9.40 Å². The SMILES string of the molecule is CC(C)(C)N(NC(=O)c1ccccn1)C(=O)c1ccc(F)cc1. The van der Waals surface area contributed by atoms with E-state index in [1.807, 2.05) is 0 Å². The molecule has 0 unspecified atom stereocenters. The number of halogens is 1. The molecular weight excluding hydrogens is 297 g/mol. The Morgan fingerprint density at radius 3 is 2.26 bits per heavy atom. The summed E-state index contributed by atoms with van der Waals surface area (Å²) in [5, 5.41) is 1.22. The van der Waals surface area contributed by atoms with E-state index in [4.69, 9.17) is 0 Å². The zero-order chi connectivity index (χ0) is 17.0. The molecule has 0 radical (unpaired) electrons. The Morgan fingerprint density at radius 1 is 1.09 bits per heavy atom. The maximum atomic E-state index is 13.0. The molecule has 2 amide bonds. The molecule has 0 spiro atoms. The van der Waals surface area contributed by atoms with Crippen molar-refractivity contribution in [2.75, 3.05) is 0 Å². The predicted octanol–water partition coefficient (Wildman–Crippen LogP) is 2.81. The van der Waals surface area contributed by atoms with E-state index in [0.29, 0.717) is 0 Å². The van der Waals surface area contributed by atoms with Gasteiger partial charge in [0.1, 0.15) is 11.5 Å². The first kappa shape index (κ1) is 16.6. The molecule has 120 valence electrons. The minimum absolute atomic E-state index is 0.202. The maximum absolute atomic E-state index is 13.0. The lowest BCUT2D eigenvalue weighted by Crippen LogP contribution is -2.56. The van der Waals surface area contributed by atoms with Crippen LogP contribution in [0, 0.1) is 5.82 Å². The summed E-state index contributed by atoms with van der Waals surface area (Å²) < 4.78 is 13.0. The van der Waals surface area contributed by atoms with E-state index in [-0.39, 0.29) is 11.3 Å². The van der Waals surface area contributed by atoms with Crippen LogP contribution in [-0.2, 0) is 0 Å². The Balaban J connectivity index is 2.26. The first-order valence-electron chi connectivity index (χ1n) is 7.11. The number of nitrogens with zero attached hydrogens (tertiary/aromatic N) is 2. The summed E-state index contributed by atoms with van der Waals surface area (Å²) >= 11 is 0. The number of carbonyl (C=O) groups excluding carboxylic acids is 2. The number of hydrogen-bond acceptors (Lipinski definition) is 3. The molecule has 0 bridgehead atoms. The zero-order valence-corrected chi connectivity index (χ0v) is 13.2. The third-order valence-electron chi connectivity index (χ3n) is 3.08. The van der Waals surface area contributed by atoms with Crippen LogP contribution in [0.3, 0.4) is 0 Å². The van der Waals surface area contributed by atoms with Gasteiger partial charge in [0.2, 0.25) is 0 Å². The second-order valence-corrected chi connectivity index (χ2v) is 5.97. The van der Waals surface area contributed by atoms with Gasteiger partial charge in [-0.3, -0.25) is 20.0 Å². The maximum Gasteiger partial charge on any atom is 0.288 e. The molecular formula is C17H18FN3O2. The number of amides is 2. The lowest BCUT2D eigenvalue weighted by atomic mass is 10.1. The lowest BCUT2D eigenvalue weighted by molar-refractivity contribution is 0.0356. The molecule has 1 aromatic carbocycles. The summed E-state index contributed by atoms with van der Waals surface area (Å²) in [5.41, 5.74) is 2.39. The summed E-state index contributed by atoms with van der Waals surface area (Å²) in [6.07, 6.45) is 1.50. The van der Waals surface area contributed by atoms with E-state index >= 15 is 0 Å². The van der Waals surface area contributed by atoms with Crippen LogP contribution in [0.5, 0.6) is 0 Å². The number of aromatic nitrogens is 1. The van der Waals surface area contributed by atoms with Gasteiger partial charge < -0.3 is 0 Å². The normalized spacial score (nSPS) is 11.0. The summed E-state index contributed by atoms with van der Waals surface area (Å²) in [7, 11) is 0. The van der Waals surface area contributed by atoms with Crippen LogP contribution in [0.2, 0.25) is 0 Å². The summed E-state index contributed by atoms with van der Waals surface area (Å²) in [5.74, 6) is -1.35. The lowest BCUT2D eigenvalue weighted by Gasteiger charge is -2.35. The average molecular weight is 315 g/mol. The molecule has 0 saturated carbocycles. The average Bonchev–Trinajstić information content (AvgIpc) is 2.52. The third-order valence-corrected chi connectivity index (χ3v) is 3.08. The van der Waals surface area contributed by atoms with E-state index in [1.54, 1.807) is 39.0 Å². The van der Waals surface area contributed by atoms with Crippen molar-refractivity contribution in [2.45, 2.75) is 26.3 Å². The van der Waals surface area contributed by atoms with Crippen LogP contribution in [0.15, 0.2) is 48.7 Å². The number of rotatable bonds is 2. The van der Waals surface area contributed by atoms with Gasteiger partial charge in [-0.2, -0.15) is 0 Å². The number of pyridine rings is 1. The molecule has 6 heteroatoms. The highest BCUT2D eigenvalue weighted by atomic mass is 19.1. The van der Waals surface area contributed by atoms with Crippen molar-refractivity contribution in [1.82, 2.24) is 15.4 Å². The standard InChI is InChI=1S/C17H18FN3O2/c1-17(2,3)21(16(23)12-7-9-13(18)10-8-12)20-15(22)14-6-4-5-11-19-14/h4-11H,1-3H3,(H,20,22). The van der Waals surface area contributed by atoms with Crippen molar-refractivity contribution < 1.29 is 14.0 Å². The van der Waals surface area contributed by atoms with Crippen LogP contribution in [-0.4, -0.2) is 27.3 Å². The second-order valence-electron chi connectivity index (χ2n) is 5.97. The summed E-state index contributed by atoms with van der Waals surface area (Å²) in [6, 6.07) is 10.1. The van der Waals surface area contributed by atoms with Gasteiger partial charge in [0.25, 0.3) is 11.8 Å².